The van der Waals surface area contributed by atoms with Crippen molar-refractivity contribution >= 4 is 15.8 Å². The normalized spacial score (nSPS) is 24.6. The number of hydrogen-bond donors (Lipinski definition) is 2. The fourth-order valence-corrected chi connectivity index (χ4v) is 3.23. The molecule has 0 amide bonds. The van der Waals surface area contributed by atoms with E-state index in [0.717, 1.165) is 6.42 Å². The number of nitrogens with zero attached hydrogens (tertiary/aromatic N) is 2. The van der Waals surface area contributed by atoms with Crippen molar-refractivity contribution in [1.29, 1.82) is 0 Å². The Bertz CT molecular complexity index is 525. The van der Waals surface area contributed by atoms with Gasteiger partial charge in [-0.15, -0.1) is 0 Å². The maximum Gasteiger partial charge on any atom is 0.245 e. The summed E-state index contributed by atoms with van der Waals surface area (Å²) in [7, 11) is -1.97. The first kappa shape index (κ1) is 13.3. The topological polar surface area (TPSA) is 99.2 Å². The summed E-state index contributed by atoms with van der Waals surface area (Å²) in [6.07, 6.45) is 2.34. The van der Waals surface area contributed by atoms with E-state index in [2.05, 4.69) is 9.82 Å². The Labute approximate surface area is 106 Å². The van der Waals surface area contributed by atoms with Crippen LogP contribution >= 0.6 is 0 Å². The number of sulfonamides is 1. The van der Waals surface area contributed by atoms with Crippen LogP contribution in [0.15, 0.2) is 11.1 Å². The van der Waals surface area contributed by atoms with E-state index in [1.165, 1.54) is 10.9 Å². The Kier molecular flexibility index (Phi) is 3.60. The summed E-state index contributed by atoms with van der Waals surface area (Å²) in [5, 5.41) is 3.82. The van der Waals surface area contributed by atoms with E-state index in [9.17, 15) is 8.42 Å². The quantitative estimate of drug-likeness (QED) is 0.785. The van der Waals surface area contributed by atoms with Crippen LogP contribution in [-0.2, 0) is 21.8 Å². The first-order valence-electron chi connectivity index (χ1n) is 5.80. The second-order valence-electron chi connectivity index (χ2n) is 4.53. The number of aryl methyl sites for hydroxylation is 1. The van der Waals surface area contributed by atoms with Crippen molar-refractivity contribution in [2.24, 2.45) is 13.0 Å². The van der Waals surface area contributed by atoms with Gasteiger partial charge >= 0.3 is 0 Å². The molecule has 1 fully saturated rings. The van der Waals surface area contributed by atoms with Crippen molar-refractivity contribution in [3.63, 3.8) is 0 Å². The summed E-state index contributed by atoms with van der Waals surface area (Å²) in [5.41, 5.74) is 5.56. The minimum atomic E-state index is -3.59. The highest BCUT2D eigenvalue weighted by molar-refractivity contribution is 7.89. The van der Waals surface area contributed by atoms with E-state index in [1.54, 1.807) is 7.05 Å². The molecule has 1 aliphatic heterocycles. The molecule has 3 N–H and O–H groups in total. The Hall–Kier alpha value is -1.12. The van der Waals surface area contributed by atoms with E-state index < -0.39 is 10.0 Å². The van der Waals surface area contributed by atoms with Gasteiger partial charge in [-0.25, -0.2) is 13.1 Å². The number of nitrogens with one attached hydrogen (secondary N) is 1. The van der Waals surface area contributed by atoms with Crippen LogP contribution in [0, 0.1) is 5.92 Å². The van der Waals surface area contributed by atoms with Gasteiger partial charge in [0.05, 0.1) is 6.10 Å². The predicted octanol–water partition coefficient (Wildman–Crippen LogP) is -0.294. The van der Waals surface area contributed by atoms with Gasteiger partial charge in [-0.05, 0) is 13.3 Å². The molecular formula is C10H18N4O3S. The summed E-state index contributed by atoms with van der Waals surface area (Å²) >= 11 is 0. The maximum absolute atomic E-state index is 12.0. The van der Waals surface area contributed by atoms with Crippen molar-refractivity contribution in [2.75, 3.05) is 18.9 Å². The number of nitrogen functional groups attached to an aromatic ring is 1. The molecular weight excluding hydrogens is 256 g/mol. The van der Waals surface area contributed by atoms with Crippen molar-refractivity contribution in [2.45, 2.75) is 24.3 Å². The van der Waals surface area contributed by atoms with E-state index in [0.29, 0.717) is 13.2 Å². The van der Waals surface area contributed by atoms with Crippen LogP contribution in [0.4, 0.5) is 5.82 Å². The minimum Gasteiger partial charge on any atom is -0.381 e. The van der Waals surface area contributed by atoms with Crippen LogP contribution < -0.4 is 10.5 Å². The van der Waals surface area contributed by atoms with E-state index in [-0.39, 0.29) is 22.7 Å². The van der Waals surface area contributed by atoms with Crippen LogP contribution in [0.5, 0.6) is 0 Å². The predicted molar refractivity (Wildman–Crippen MR) is 66.3 cm³/mol. The number of rotatable bonds is 4. The molecule has 2 heterocycles. The molecule has 0 radical (unpaired) electrons. The highest BCUT2D eigenvalue weighted by Gasteiger charge is 2.27. The summed E-state index contributed by atoms with van der Waals surface area (Å²) in [5.74, 6) is 0.221. The first-order chi connectivity index (χ1) is 8.40. The molecule has 0 aromatic carbocycles. The third kappa shape index (κ3) is 2.65. The lowest BCUT2D eigenvalue weighted by molar-refractivity contribution is 0.107. The zero-order valence-electron chi connectivity index (χ0n) is 10.5. The molecule has 2 rings (SSSR count). The fraction of sp³-hybridized carbons (Fsp3) is 0.700. The Balaban J connectivity index is 2.06. The van der Waals surface area contributed by atoms with Crippen LogP contribution in [0.25, 0.3) is 0 Å². The van der Waals surface area contributed by atoms with Crippen LogP contribution in [0.2, 0.25) is 0 Å². The Morgan fingerprint density at radius 2 is 2.39 bits per heavy atom. The van der Waals surface area contributed by atoms with E-state index in [4.69, 9.17) is 10.5 Å². The van der Waals surface area contributed by atoms with Gasteiger partial charge in [-0.3, -0.25) is 4.68 Å². The molecule has 2 atom stereocenters. The summed E-state index contributed by atoms with van der Waals surface area (Å²) in [6, 6.07) is 0. The summed E-state index contributed by atoms with van der Waals surface area (Å²) in [6.45, 7) is 2.99. The number of nitrogens with two attached hydrogens (primary N) is 1. The molecule has 8 heteroatoms. The van der Waals surface area contributed by atoms with Gasteiger partial charge in [0.1, 0.15) is 4.90 Å². The lowest BCUT2D eigenvalue weighted by Gasteiger charge is -2.14. The number of hydrogen-bond acceptors (Lipinski definition) is 5. The summed E-state index contributed by atoms with van der Waals surface area (Å²) in [4.78, 5) is 0.0246. The average molecular weight is 274 g/mol. The van der Waals surface area contributed by atoms with Gasteiger partial charge in [0, 0.05) is 32.3 Å². The molecule has 0 spiro atoms. The van der Waals surface area contributed by atoms with Gasteiger partial charge in [0.2, 0.25) is 10.0 Å². The zero-order valence-corrected chi connectivity index (χ0v) is 11.3. The van der Waals surface area contributed by atoms with E-state index in [1.807, 2.05) is 6.92 Å². The summed E-state index contributed by atoms with van der Waals surface area (Å²) < 4.78 is 33.4. The molecule has 0 aliphatic carbocycles. The molecule has 1 aliphatic rings. The Morgan fingerprint density at radius 1 is 1.67 bits per heavy atom. The molecule has 1 aromatic heterocycles. The van der Waals surface area contributed by atoms with Crippen LogP contribution in [-0.4, -0.2) is 37.5 Å². The molecule has 7 nitrogen and oxygen atoms in total. The van der Waals surface area contributed by atoms with E-state index >= 15 is 0 Å². The molecule has 0 saturated carbocycles. The van der Waals surface area contributed by atoms with Crippen molar-refractivity contribution in [3.05, 3.63) is 6.20 Å². The third-order valence-electron chi connectivity index (χ3n) is 3.18. The van der Waals surface area contributed by atoms with Crippen molar-refractivity contribution in [1.82, 2.24) is 14.5 Å². The second-order valence-corrected chi connectivity index (χ2v) is 6.26. The van der Waals surface area contributed by atoms with Crippen molar-refractivity contribution < 1.29 is 13.2 Å². The molecule has 102 valence electrons. The number of aromatic nitrogens is 2. The largest absolute Gasteiger partial charge is 0.381 e. The molecule has 1 aromatic rings. The zero-order chi connectivity index (χ0) is 13.3. The van der Waals surface area contributed by atoms with Crippen molar-refractivity contribution in [3.8, 4) is 0 Å². The van der Waals surface area contributed by atoms with Gasteiger partial charge in [0.15, 0.2) is 5.82 Å². The molecule has 18 heavy (non-hydrogen) atoms. The smallest absolute Gasteiger partial charge is 0.245 e. The van der Waals surface area contributed by atoms with Crippen LogP contribution in [0.1, 0.15) is 13.3 Å². The number of anilines is 1. The molecule has 1 saturated heterocycles. The van der Waals surface area contributed by atoms with Gasteiger partial charge in [-0.2, -0.15) is 5.10 Å². The van der Waals surface area contributed by atoms with Gasteiger partial charge in [-0.1, -0.05) is 0 Å². The monoisotopic (exact) mass is 274 g/mol. The maximum atomic E-state index is 12.0. The minimum absolute atomic E-state index is 0.0146. The Morgan fingerprint density at radius 3 is 2.89 bits per heavy atom. The third-order valence-corrected chi connectivity index (χ3v) is 4.62. The lowest BCUT2D eigenvalue weighted by atomic mass is 10.0. The van der Waals surface area contributed by atoms with Gasteiger partial charge in [0.25, 0.3) is 0 Å². The average Bonchev–Trinajstić information content (AvgIpc) is 2.82. The second kappa shape index (κ2) is 4.87. The highest BCUT2D eigenvalue weighted by atomic mass is 32.2. The molecule has 0 bridgehead atoms. The highest BCUT2D eigenvalue weighted by Crippen LogP contribution is 2.21. The molecule has 2 unspecified atom stereocenters. The fourth-order valence-electron chi connectivity index (χ4n) is 2.03. The number of ether oxygens (including phenoxy) is 1. The standard InChI is InChI=1S/C10H18N4O3S/c1-7-8(3-4-17-7)5-12-18(15,16)9-6-14(2)13-10(9)11/h6-8,12H,3-5H2,1-2H3,(H2,11,13). The SMILES string of the molecule is CC1OCCC1CNS(=O)(=O)c1cn(C)nc1N. The van der Waals surface area contributed by atoms with Gasteiger partial charge < -0.3 is 10.5 Å². The lowest BCUT2D eigenvalue weighted by Crippen LogP contribution is -2.32. The van der Waals surface area contributed by atoms with Crippen LogP contribution in [0.3, 0.4) is 0 Å². The first-order valence-corrected chi connectivity index (χ1v) is 7.29.